The molecule has 2 atom stereocenters. The van der Waals surface area contributed by atoms with E-state index in [4.69, 9.17) is 0 Å². The lowest BCUT2D eigenvalue weighted by Gasteiger charge is -2.40. The Bertz CT molecular complexity index is 405. The molecule has 3 nitrogen and oxygen atoms in total. The van der Waals surface area contributed by atoms with Crippen LogP contribution in [0.4, 0.5) is 0 Å². The summed E-state index contributed by atoms with van der Waals surface area (Å²) in [6.45, 7) is 9.14. The molecule has 0 saturated carbocycles. The molecule has 2 rings (SSSR count). The summed E-state index contributed by atoms with van der Waals surface area (Å²) in [7, 11) is 4.28. The van der Waals surface area contributed by atoms with Gasteiger partial charge in [0.1, 0.15) is 0 Å². The Kier molecular flexibility index (Phi) is 4.97. The summed E-state index contributed by atoms with van der Waals surface area (Å²) in [5, 5.41) is 3.48. The lowest BCUT2D eigenvalue weighted by Crippen LogP contribution is -2.52. The first-order valence-corrected chi connectivity index (χ1v) is 7.27. The van der Waals surface area contributed by atoms with Gasteiger partial charge in [-0.05, 0) is 39.1 Å². The van der Waals surface area contributed by atoms with Crippen LogP contribution in [-0.4, -0.2) is 56.1 Å². The van der Waals surface area contributed by atoms with Gasteiger partial charge in [0.15, 0.2) is 0 Å². The van der Waals surface area contributed by atoms with Crippen LogP contribution in [0.2, 0.25) is 0 Å². The van der Waals surface area contributed by atoms with Crippen molar-refractivity contribution in [3.8, 4) is 0 Å². The highest BCUT2D eigenvalue weighted by atomic mass is 15.3. The minimum atomic E-state index is 0.423. The fourth-order valence-electron chi connectivity index (χ4n) is 3.01. The molecule has 0 aliphatic carbocycles. The van der Waals surface area contributed by atoms with Gasteiger partial charge in [-0.1, -0.05) is 24.3 Å². The molecule has 1 N–H and O–H groups in total. The summed E-state index contributed by atoms with van der Waals surface area (Å²) >= 11 is 0. The van der Waals surface area contributed by atoms with Crippen LogP contribution in [0.25, 0.3) is 0 Å². The topological polar surface area (TPSA) is 18.5 Å². The molecule has 0 aromatic heterocycles. The zero-order valence-corrected chi connectivity index (χ0v) is 12.7. The Morgan fingerprint density at radius 1 is 1.32 bits per heavy atom. The number of nitrogens with one attached hydrogen (secondary N) is 1. The minimum Gasteiger partial charge on any atom is -0.312 e. The highest BCUT2D eigenvalue weighted by molar-refractivity contribution is 5.29. The molecule has 0 spiro atoms. The monoisotopic (exact) mass is 261 g/mol. The standard InChI is InChI=1S/C16H27N3/c1-13-7-5-6-8-15(13)16(17-3)12-19-10-9-18(4)11-14(19)2/h5-8,14,16-17H,9-12H2,1-4H3. The molecule has 1 aromatic rings. The smallest absolute Gasteiger partial charge is 0.0449 e. The van der Waals surface area contributed by atoms with E-state index in [0.29, 0.717) is 12.1 Å². The normalized spacial score (nSPS) is 23.5. The fourth-order valence-corrected chi connectivity index (χ4v) is 3.01. The van der Waals surface area contributed by atoms with E-state index in [-0.39, 0.29) is 0 Å². The van der Waals surface area contributed by atoms with Gasteiger partial charge >= 0.3 is 0 Å². The van der Waals surface area contributed by atoms with Crippen LogP contribution in [0, 0.1) is 6.92 Å². The molecular weight excluding hydrogens is 234 g/mol. The number of nitrogens with zero attached hydrogens (tertiary/aromatic N) is 2. The molecule has 3 heteroatoms. The molecular formula is C16H27N3. The molecule has 2 unspecified atom stereocenters. The van der Waals surface area contributed by atoms with Gasteiger partial charge in [-0.2, -0.15) is 0 Å². The zero-order valence-electron chi connectivity index (χ0n) is 12.7. The van der Waals surface area contributed by atoms with E-state index >= 15 is 0 Å². The third-order valence-corrected chi connectivity index (χ3v) is 4.30. The van der Waals surface area contributed by atoms with Gasteiger partial charge in [-0.25, -0.2) is 0 Å². The Morgan fingerprint density at radius 3 is 2.68 bits per heavy atom. The molecule has 1 fully saturated rings. The SMILES string of the molecule is CNC(CN1CCN(C)CC1C)c1ccccc1C. The Labute approximate surface area is 117 Å². The van der Waals surface area contributed by atoms with Gasteiger partial charge in [-0.3, -0.25) is 4.90 Å². The Balaban J connectivity index is 2.05. The maximum absolute atomic E-state index is 3.48. The largest absolute Gasteiger partial charge is 0.312 e. The molecule has 0 radical (unpaired) electrons. The summed E-state index contributed by atoms with van der Waals surface area (Å²) < 4.78 is 0. The number of piperazine rings is 1. The zero-order chi connectivity index (χ0) is 13.8. The molecule has 0 bridgehead atoms. The number of aryl methyl sites for hydroxylation is 1. The van der Waals surface area contributed by atoms with Crippen LogP contribution in [0.1, 0.15) is 24.1 Å². The van der Waals surface area contributed by atoms with E-state index in [0.717, 1.165) is 6.54 Å². The summed E-state index contributed by atoms with van der Waals surface area (Å²) in [6.07, 6.45) is 0. The average molecular weight is 261 g/mol. The van der Waals surface area contributed by atoms with Crippen molar-refractivity contribution >= 4 is 0 Å². The quantitative estimate of drug-likeness (QED) is 0.893. The molecule has 1 saturated heterocycles. The maximum Gasteiger partial charge on any atom is 0.0449 e. The van der Waals surface area contributed by atoms with E-state index in [2.05, 4.69) is 67.3 Å². The first-order chi connectivity index (χ1) is 9.11. The van der Waals surface area contributed by atoms with E-state index in [9.17, 15) is 0 Å². The lowest BCUT2D eigenvalue weighted by molar-refractivity contribution is 0.0912. The second-order valence-corrected chi connectivity index (χ2v) is 5.80. The first kappa shape index (κ1) is 14.5. The van der Waals surface area contributed by atoms with Crippen LogP contribution in [0.3, 0.4) is 0 Å². The van der Waals surface area contributed by atoms with Crippen molar-refractivity contribution < 1.29 is 0 Å². The molecule has 1 aromatic carbocycles. The lowest BCUT2D eigenvalue weighted by atomic mass is 10.00. The number of hydrogen-bond donors (Lipinski definition) is 1. The predicted molar refractivity (Wildman–Crippen MR) is 81.5 cm³/mol. The summed E-state index contributed by atoms with van der Waals surface area (Å²) in [5.41, 5.74) is 2.81. The van der Waals surface area contributed by atoms with Crippen LogP contribution >= 0.6 is 0 Å². The summed E-state index contributed by atoms with van der Waals surface area (Å²) in [5.74, 6) is 0. The number of likely N-dealkylation sites (N-methyl/N-ethyl adjacent to an activating group) is 2. The van der Waals surface area contributed by atoms with Crippen molar-refractivity contribution in [2.75, 3.05) is 40.3 Å². The van der Waals surface area contributed by atoms with Crippen molar-refractivity contribution in [3.05, 3.63) is 35.4 Å². The summed E-state index contributed by atoms with van der Waals surface area (Å²) in [6, 6.07) is 9.76. The third-order valence-electron chi connectivity index (χ3n) is 4.30. The second-order valence-electron chi connectivity index (χ2n) is 5.80. The third kappa shape index (κ3) is 3.56. The van der Waals surface area contributed by atoms with Gasteiger partial charge in [0.05, 0.1) is 0 Å². The van der Waals surface area contributed by atoms with Crippen LogP contribution < -0.4 is 5.32 Å². The van der Waals surface area contributed by atoms with E-state index < -0.39 is 0 Å². The number of rotatable bonds is 4. The number of hydrogen-bond acceptors (Lipinski definition) is 3. The van der Waals surface area contributed by atoms with E-state index in [1.54, 1.807) is 0 Å². The fraction of sp³-hybridized carbons (Fsp3) is 0.625. The Hall–Kier alpha value is -0.900. The highest BCUT2D eigenvalue weighted by Gasteiger charge is 2.24. The minimum absolute atomic E-state index is 0.423. The molecule has 0 amide bonds. The highest BCUT2D eigenvalue weighted by Crippen LogP contribution is 2.20. The van der Waals surface area contributed by atoms with Crippen molar-refractivity contribution in [3.63, 3.8) is 0 Å². The molecule has 1 heterocycles. The van der Waals surface area contributed by atoms with Crippen LogP contribution in [0.5, 0.6) is 0 Å². The maximum atomic E-state index is 3.48. The first-order valence-electron chi connectivity index (χ1n) is 7.27. The molecule has 19 heavy (non-hydrogen) atoms. The van der Waals surface area contributed by atoms with E-state index in [1.165, 1.54) is 30.8 Å². The predicted octanol–water partition coefficient (Wildman–Crippen LogP) is 1.89. The second kappa shape index (κ2) is 6.51. The van der Waals surface area contributed by atoms with Crippen molar-refractivity contribution in [2.45, 2.75) is 25.9 Å². The van der Waals surface area contributed by atoms with Crippen molar-refractivity contribution in [1.29, 1.82) is 0 Å². The van der Waals surface area contributed by atoms with Gasteiger partial charge in [-0.15, -0.1) is 0 Å². The molecule has 1 aliphatic rings. The summed E-state index contributed by atoms with van der Waals surface area (Å²) in [4.78, 5) is 5.02. The van der Waals surface area contributed by atoms with Gasteiger partial charge in [0, 0.05) is 38.3 Å². The van der Waals surface area contributed by atoms with Gasteiger partial charge in [0.25, 0.3) is 0 Å². The van der Waals surface area contributed by atoms with Gasteiger partial charge in [0.2, 0.25) is 0 Å². The average Bonchev–Trinajstić information content (AvgIpc) is 2.39. The van der Waals surface area contributed by atoms with Crippen LogP contribution in [-0.2, 0) is 0 Å². The molecule has 1 aliphatic heterocycles. The van der Waals surface area contributed by atoms with Crippen molar-refractivity contribution in [2.24, 2.45) is 0 Å². The van der Waals surface area contributed by atoms with Gasteiger partial charge < -0.3 is 10.2 Å². The molecule has 106 valence electrons. The van der Waals surface area contributed by atoms with E-state index in [1.807, 2.05) is 0 Å². The van der Waals surface area contributed by atoms with Crippen molar-refractivity contribution in [1.82, 2.24) is 15.1 Å². The van der Waals surface area contributed by atoms with Crippen LogP contribution in [0.15, 0.2) is 24.3 Å². The number of benzene rings is 1. The Morgan fingerprint density at radius 2 is 2.05 bits per heavy atom.